The lowest BCUT2D eigenvalue weighted by molar-refractivity contribution is 0.199. The number of hydrogen-bond acceptors (Lipinski definition) is 9. The zero-order valence-electron chi connectivity index (χ0n) is 12.2. The molecule has 0 fully saturated rings. The molecular formula is C11H19N7O2S. The lowest BCUT2D eigenvalue weighted by Crippen LogP contribution is -2.24. The molecule has 2 heterocycles. The number of nitrogens with one attached hydrogen (secondary N) is 1. The molecule has 2 aromatic heterocycles. The summed E-state index contributed by atoms with van der Waals surface area (Å²) in [6.07, 6.45) is 0.739. The normalized spacial score (nSPS) is 11.1. The Bertz CT molecular complexity index is 530. The predicted molar refractivity (Wildman–Crippen MR) is 75.8 cm³/mol. The Kier molecular flexibility index (Phi) is 6.57. The molecule has 9 nitrogen and oxygen atoms in total. The molecular weight excluding hydrogens is 294 g/mol. The van der Waals surface area contributed by atoms with Gasteiger partial charge in [0.1, 0.15) is 0 Å². The van der Waals surface area contributed by atoms with Gasteiger partial charge in [-0.05, 0) is 10.4 Å². The van der Waals surface area contributed by atoms with Crippen LogP contribution in [0.4, 0.5) is 0 Å². The van der Waals surface area contributed by atoms with Crippen molar-refractivity contribution in [3.8, 4) is 0 Å². The fourth-order valence-electron chi connectivity index (χ4n) is 1.55. The number of methoxy groups -OCH3 is 1. The standard InChI is InChI=1S/C11H19N7O2S/c1-3-10-13-9(15-20-10)8-21-11-14-16-17-18(11)6-4-12-5-7-19-2/h12H,3-8H2,1-2H3. The lowest BCUT2D eigenvalue weighted by Gasteiger charge is -2.05. The number of hydrogen-bond donors (Lipinski definition) is 1. The third-order valence-electron chi connectivity index (χ3n) is 2.63. The van der Waals surface area contributed by atoms with Gasteiger partial charge in [0.25, 0.3) is 0 Å². The number of ether oxygens (including phenoxy) is 1. The van der Waals surface area contributed by atoms with Gasteiger partial charge >= 0.3 is 0 Å². The van der Waals surface area contributed by atoms with Crippen molar-refractivity contribution in [3.63, 3.8) is 0 Å². The molecule has 0 amide bonds. The molecule has 0 aliphatic carbocycles. The van der Waals surface area contributed by atoms with Crippen LogP contribution in [0.5, 0.6) is 0 Å². The van der Waals surface area contributed by atoms with Gasteiger partial charge < -0.3 is 14.6 Å². The van der Waals surface area contributed by atoms with Crippen molar-refractivity contribution in [2.45, 2.75) is 30.8 Å². The van der Waals surface area contributed by atoms with Gasteiger partial charge in [0.2, 0.25) is 11.0 Å². The summed E-state index contributed by atoms with van der Waals surface area (Å²) in [5.41, 5.74) is 0. The number of aryl methyl sites for hydroxylation is 1. The molecule has 1 N–H and O–H groups in total. The fourth-order valence-corrected chi connectivity index (χ4v) is 2.29. The molecule has 0 aromatic carbocycles. The van der Waals surface area contributed by atoms with Gasteiger partial charge in [0.05, 0.1) is 18.9 Å². The molecule has 0 aliphatic heterocycles. The van der Waals surface area contributed by atoms with Crippen LogP contribution in [-0.2, 0) is 23.5 Å². The Morgan fingerprint density at radius 2 is 2.29 bits per heavy atom. The molecule has 116 valence electrons. The number of nitrogens with zero attached hydrogens (tertiary/aromatic N) is 6. The van der Waals surface area contributed by atoms with Crippen LogP contribution in [-0.4, -0.2) is 57.2 Å². The Morgan fingerprint density at radius 1 is 1.38 bits per heavy atom. The van der Waals surface area contributed by atoms with E-state index < -0.39 is 0 Å². The van der Waals surface area contributed by atoms with Crippen LogP contribution in [0, 0.1) is 0 Å². The summed E-state index contributed by atoms with van der Waals surface area (Å²) >= 11 is 1.49. The van der Waals surface area contributed by atoms with E-state index in [2.05, 4.69) is 31.0 Å². The minimum atomic E-state index is 0.584. The van der Waals surface area contributed by atoms with E-state index in [-0.39, 0.29) is 0 Å². The van der Waals surface area contributed by atoms with Crippen LogP contribution in [0.2, 0.25) is 0 Å². The highest BCUT2D eigenvalue weighted by molar-refractivity contribution is 7.98. The van der Waals surface area contributed by atoms with Gasteiger partial charge in [-0.25, -0.2) is 4.68 Å². The first kappa shape index (κ1) is 15.9. The predicted octanol–water partition coefficient (Wildman–Crippen LogP) is 0.147. The minimum absolute atomic E-state index is 0.584. The Hall–Kier alpha value is -1.52. The molecule has 0 bridgehead atoms. The average molecular weight is 313 g/mol. The van der Waals surface area contributed by atoms with Crippen LogP contribution in [0.1, 0.15) is 18.6 Å². The van der Waals surface area contributed by atoms with E-state index in [1.165, 1.54) is 11.8 Å². The highest BCUT2D eigenvalue weighted by Gasteiger charge is 2.10. The van der Waals surface area contributed by atoms with Crippen LogP contribution in [0.25, 0.3) is 0 Å². The van der Waals surface area contributed by atoms with Crippen molar-refractivity contribution in [1.82, 2.24) is 35.7 Å². The van der Waals surface area contributed by atoms with Gasteiger partial charge in [-0.2, -0.15) is 4.98 Å². The monoisotopic (exact) mass is 313 g/mol. The topological polar surface area (TPSA) is 104 Å². The summed E-state index contributed by atoms with van der Waals surface area (Å²) in [6, 6.07) is 0. The van der Waals surface area contributed by atoms with E-state index in [0.29, 0.717) is 30.6 Å². The first-order valence-corrected chi connectivity index (χ1v) is 7.72. The molecule has 0 radical (unpaired) electrons. The quantitative estimate of drug-likeness (QED) is 0.484. The molecule has 0 aliphatic rings. The average Bonchev–Trinajstić information content (AvgIpc) is 3.13. The van der Waals surface area contributed by atoms with Crippen molar-refractivity contribution >= 4 is 11.8 Å². The van der Waals surface area contributed by atoms with Crippen LogP contribution in [0.3, 0.4) is 0 Å². The zero-order chi connectivity index (χ0) is 14.9. The first-order chi connectivity index (χ1) is 10.3. The van der Waals surface area contributed by atoms with Gasteiger partial charge in [-0.3, -0.25) is 0 Å². The molecule has 10 heteroatoms. The van der Waals surface area contributed by atoms with Crippen LogP contribution >= 0.6 is 11.8 Å². The molecule has 2 rings (SSSR count). The largest absolute Gasteiger partial charge is 0.383 e. The molecule has 0 unspecified atom stereocenters. The number of thioether (sulfide) groups is 1. The number of tetrazole rings is 1. The third-order valence-corrected chi connectivity index (χ3v) is 3.58. The Labute approximate surface area is 126 Å². The zero-order valence-corrected chi connectivity index (χ0v) is 13.0. The van der Waals surface area contributed by atoms with Crippen molar-refractivity contribution in [2.75, 3.05) is 26.8 Å². The lowest BCUT2D eigenvalue weighted by atomic mass is 10.5. The molecule has 0 atom stereocenters. The van der Waals surface area contributed by atoms with Crippen LogP contribution in [0.15, 0.2) is 9.68 Å². The number of rotatable bonds is 10. The third kappa shape index (κ3) is 5.06. The minimum Gasteiger partial charge on any atom is -0.383 e. The van der Waals surface area contributed by atoms with Crippen molar-refractivity contribution in [2.24, 2.45) is 0 Å². The van der Waals surface area contributed by atoms with E-state index >= 15 is 0 Å². The van der Waals surface area contributed by atoms with Gasteiger partial charge in [0, 0.05) is 26.6 Å². The summed E-state index contributed by atoms with van der Waals surface area (Å²) in [5.74, 6) is 1.89. The van der Waals surface area contributed by atoms with E-state index in [9.17, 15) is 0 Å². The second-order valence-electron chi connectivity index (χ2n) is 4.17. The second-order valence-corrected chi connectivity index (χ2v) is 5.12. The highest BCUT2D eigenvalue weighted by atomic mass is 32.2. The highest BCUT2D eigenvalue weighted by Crippen LogP contribution is 2.18. The van der Waals surface area contributed by atoms with Gasteiger partial charge in [-0.15, -0.1) is 5.10 Å². The summed E-state index contributed by atoms with van der Waals surface area (Å²) < 4.78 is 11.8. The maximum Gasteiger partial charge on any atom is 0.226 e. The van der Waals surface area contributed by atoms with E-state index in [1.54, 1.807) is 11.8 Å². The SMILES string of the molecule is CCc1nc(CSc2nnnn2CCNCCOC)no1. The molecule has 2 aromatic rings. The molecule has 0 saturated carbocycles. The van der Waals surface area contributed by atoms with Crippen LogP contribution < -0.4 is 5.32 Å². The maximum absolute atomic E-state index is 5.06. The van der Waals surface area contributed by atoms with E-state index in [1.807, 2.05) is 6.92 Å². The molecule has 0 spiro atoms. The fraction of sp³-hybridized carbons (Fsp3) is 0.727. The van der Waals surface area contributed by atoms with Gasteiger partial charge in [0.15, 0.2) is 5.82 Å². The van der Waals surface area contributed by atoms with Crippen molar-refractivity contribution in [3.05, 3.63) is 11.7 Å². The summed E-state index contributed by atoms with van der Waals surface area (Å²) in [4.78, 5) is 4.25. The molecule has 21 heavy (non-hydrogen) atoms. The maximum atomic E-state index is 5.06. The number of aromatic nitrogens is 6. The Balaban J connectivity index is 1.77. The first-order valence-electron chi connectivity index (χ1n) is 6.73. The van der Waals surface area contributed by atoms with Crippen molar-refractivity contribution in [1.29, 1.82) is 0 Å². The smallest absolute Gasteiger partial charge is 0.226 e. The second kappa shape index (κ2) is 8.70. The van der Waals surface area contributed by atoms with E-state index in [4.69, 9.17) is 9.26 Å². The van der Waals surface area contributed by atoms with Crippen molar-refractivity contribution < 1.29 is 9.26 Å². The van der Waals surface area contributed by atoms with Gasteiger partial charge in [-0.1, -0.05) is 23.8 Å². The van der Waals surface area contributed by atoms with E-state index in [0.717, 1.165) is 24.7 Å². The summed E-state index contributed by atoms with van der Waals surface area (Å²) in [6.45, 7) is 4.95. The summed E-state index contributed by atoms with van der Waals surface area (Å²) in [5, 5.41) is 19.6. The molecule has 0 saturated heterocycles. The summed E-state index contributed by atoms with van der Waals surface area (Å²) in [7, 11) is 1.68. The Morgan fingerprint density at radius 3 is 3.05 bits per heavy atom.